The Morgan fingerprint density at radius 1 is 1.14 bits per heavy atom. The molecule has 28 heavy (non-hydrogen) atoms. The van der Waals surface area contributed by atoms with E-state index in [9.17, 15) is 29.8 Å². The molecule has 0 saturated heterocycles. The number of hydrogen-bond donors (Lipinski definition) is 1. The second-order valence-corrected chi connectivity index (χ2v) is 6.01. The zero-order valence-corrected chi connectivity index (χ0v) is 15.2. The number of benzene rings is 2. The summed E-state index contributed by atoms with van der Waals surface area (Å²) in [7, 11) is 0. The maximum Gasteiger partial charge on any atom is 0.311 e. The molecule has 2 rings (SSSR count). The van der Waals surface area contributed by atoms with Crippen molar-refractivity contribution in [2.75, 3.05) is 5.32 Å². The van der Waals surface area contributed by atoms with Crippen molar-refractivity contribution in [2.24, 2.45) is 0 Å². The fraction of sp³-hybridized carbons (Fsp3) is 0.176. The summed E-state index contributed by atoms with van der Waals surface area (Å²) in [5.41, 5.74) is -0.380. The first kappa shape index (κ1) is 20.8. The lowest BCUT2D eigenvalue weighted by atomic mass is 10.1. The van der Waals surface area contributed by atoms with Gasteiger partial charge in [-0.15, -0.1) is 0 Å². The average molecular weight is 408 g/mol. The molecule has 1 atom stereocenters. The molecule has 1 unspecified atom stereocenters. The lowest BCUT2D eigenvalue weighted by Crippen LogP contribution is -2.30. The Kier molecular flexibility index (Phi) is 6.61. The number of halogens is 1. The van der Waals surface area contributed by atoms with Gasteiger partial charge in [-0.1, -0.05) is 29.8 Å². The van der Waals surface area contributed by atoms with Gasteiger partial charge in [0.2, 0.25) is 0 Å². The molecular weight excluding hydrogens is 394 g/mol. The number of esters is 1. The van der Waals surface area contributed by atoms with Crippen molar-refractivity contribution < 1.29 is 24.2 Å². The topological polar surface area (TPSA) is 142 Å². The minimum absolute atomic E-state index is 0.0116. The normalized spacial score (nSPS) is 11.4. The number of amides is 1. The largest absolute Gasteiger partial charge is 0.452 e. The van der Waals surface area contributed by atoms with Crippen LogP contribution in [0.4, 0.5) is 17.1 Å². The lowest BCUT2D eigenvalue weighted by molar-refractivity contribution is -0.385. The van der Waals surface area contributed by atoms with Gasteiger partial charge in [-0.25, -0.2) is 0 Å². The van der Waals surface area contributed by atoms with Crippen molar-refractivity contribution in [3.05, 3.63) is 73.3 Å². The number of rotatable bonds is 7. The summed E-state index contributed by atoms with van der Waals surface area (Å²) in [4.78, 5) is 44.7. The van der Waals surface area contributed by atoms with Crippen LogP contribution in [0.15, 0.2) is 42.5 Å². The van der Waals surface area contributed by atoms with Gasteiger partial charge < -0.3 is 10.1 Å². The monoisotopic (exact) mass is 407 g/mol. The highest BCUT2D eigenvalue weighted by Gasteiger charge is 2.22. The first-order valence-corrected chi connectivity index (χ1v) is 8.23. The molecule has 0 fully saturated rings. The standard InChI is InChI=1S/C17H14ClN3O7/c1-10(17(23)19-14-9-12(20(24)25)6-7-13(14)18)28-16(22)8-11-4-2-3-5-15(11)21(26)27/h2-7,9-10H,8H2,1H3,(H,19,23). The third kappa shape index (κ3) is 5.24. The molecule has 0 aliphatic heterocycles. The fourth-order valence-corrected chi connectivity index (χ4v) is 2.41. The minimum atomic E-state index is -1.26. The first-order chi connectivity index (χ1) is 13.2. The maximum absolute atomic E-state index is 12.2. The third-order valence-corrected chi connectivity index (χ3v) is 3.95. The van der Waals surface area contributed by atoms with E-state index in [-0.39, 0.29) is 27.6 Å². The van der Waals surface area contributed by atoms with E-state index in [1.54, 1.807) is 0 Å². The highest BCUT2D eigenvalue weighted by molar-refractivity contribution is 6.33. The number of anilines is 1. The number of nitro groups is 2. The van der Waals surface area contributed by atoms with Crippen LogP contribution in [0.1, 0.15) is 12.5 Å². The Bertz CT molecular complexity index is 948. The molecule has 0 saturated carbocycles. The fourth-order valence-electron chi connectivity index (χ4n) is 2.24. The number of nitrogens with zero attached hydrogens (tertiary/aromatic N) is 2. The van der Waals surface area contributed by atoms with Gasteiger partial charge in [0.05, 0.1) is 27.0 Å². The molecular formula is C17H14ClN3O7. The smallest absolute Gasteiger partial charge is 0.311 e. The number of hydrogen-bond acceptors (Lipinski definition) is 7. The van der Waals surface area contributed by atoms with E-state index in [2.05, 4.69) is 5.32 Å². The Morgan fingerprint density at radius 3 is 2.46 bits per heavy atom. The molecule has 0 bridgehead atoms. The van der Waals surface area contributed by atoms with Crippen LogP contribution in [0.25, 0.3) is 0 Å². The van der Waals surface area contributed by atoms with Crippen LogP contribution in [0.3, 0.4) is 0 Å². The van der Waals surface area contributed by atoms with E-state index in [1.165, 1.54) is 43.3 Å². The molecule has 11 heteroatoms. The number of nitro benzene ring substituents is 2. The molecule has 1 amide bonds. The highest BCUT2D eigenvalue weighted by atomic mass is 35.5. The van der Waals surface area contributed by atoms with Crippen LogP contribution in [0.5, 0.6) is 0 Å². The molecule has 2 aromatic rings. The second kappa shape index (κ2) is 8.91. The maximum atomic E-state index is 12.2. The lowest BCUT2D eigenvalue weighted by Gasteiger charge is -2.14. The van der Waals surface area contributed by atoms with Gasteiger partial charge in [-0.3, -0.25) is 29.8 Å². The van der Waals surface area contributed by atoms with Crippen LogP contribution in [0, 0.1) is 20.2 Å². The predicted molar refractivity (Wildman–Crippen MR) is 99.1 cm³/mol. The van der Waals surface area contributed by atoms with Gasteiger partial charge in [0.15, 0.2) is 6.10 Å². The minimum Gasteiger partial charge on any atom is -0.452 e. The number of carbonyl (C=O) groups excluding carboxylic acids is 2. The van der Waals surface area contributed by atoms with Gasteiger partial charge in [0.1, 0.15) is 0 Å². The Balaban J connectivity index is 2.03. The summed E-state index contributed by atoms with van der Waals surface area (Å²) in [6.07, 6.45) is -1.66. The molecule has 2 aromatic carbocycles. The first-order valence-electron chi connectivity index (χ1n) is 7.85. The Hall–Kier alpha value is -3.53. The highest BCUT2D eigenvalue weighted by Crippen LogP contribution is 2.27. The summed E-state index contributed by atoms with van der Waals surface area (Å²) >= 11 is 5.90. The Morgan fingerprint density at radius 2 is 1.82 bits per heavy atom. The molecule has 146 valence electrons. The van der Waals surface area contributed by atoms with Gasteiger partial charge in [0, 0.05) is 23.8 Å². The van der Waals surface area contributed by atoms with E-state index < -0.39 is 34.2 Å². The molecule has 0 spiro atoms. The summed E-state index contributed by atoms with van der Waals surface area (Å²) in [6.45, 7) is 1.29. The third-order valence-electron chi connectivity index (χ3n) is 3.62. The van der Waals surface area contributed by atoms with Crippen molar-refractivity contribution in [2.45, 2.75) is 19.4 Å². The van der Waals surface area contributed by atoms with Crippen LogP contribution in [-0.2, 0) is 20.7 Å². The van der Waals surface area contributed by atoms with E-state index in [1.807, 2.05) is 0 Å². The van der Waals surface area contributed by atoms with Gasteiger partial charge in [-0.05, 0) is 13.0 Å². The zero-order chi connectivity index (χ0) is 20.8. The van der Waals surface area contributed by atoms with Crippen LogP contribution < -0.4 is 5.32 Å². The quantitative estimate of drug-likeness (QED) is 0.421. The van der Waals surface area contributed by atoms with Crippen LogP contribution >= 0.6 is 11.6 Å². The van der Waals surface area contributed by atoms with Gasteiger partial charge in [0.25, 0.3) is 17.3 Å². The summed E-state index contributed by atoms with van der Waals surface area (Å²) in [6, 6.07) is 9.16. The average Bonchev–Trinajstić information content (AvgIpc) is 2.63. The van der Waals surface area contributed by atoms with Crippen molar-refractivity contribution in [1.82, 2.24) is 0 Å². The van der Waals surface area contributed by atoms with E-state index in [0.29, 0.717) is 0 Å². The number of para-hydroxylation sites is 1. The van der Waals surface area contributed by atoms with Crippen LogP contribution in [-0.4, -0.2) is 27.8 Å². The molecule has 10 nitrogen and oxygen atoms in total. The van der Waals surface area contributed by atoms with E-state index >= 15 is 0 Å². The van der Waals surface area contributed by atoms with Crippen molar-refractivity contribution in [3.8, 4) is 0 Å². The van der Waals surface area contributed by atoms with Gasteiger partial charge in [-0.2, -0.15) is 0 Å². The summed E-state index contributed by atoms with van der Waals surface area (Å²) < 4.78 is 4.99. The molecule has 0 aromatic heterocycles. The SMILES string of the molecule is CC(OC(=O)Cc1ccccc1[N+](=O)[O-])C(=O)Nc1cc([N+](=O)[O-])ccc1Cl. The Labute approximate surface area is 163 Å². The number of carbonyl (C=O) groups is 2. The van der Waals surface area contributed by atoms with E-state index in [4.69, 9.17) is 16.3 Å². The zero-order valence-electron chi connectivity index (χ0n) is 14.5. The van der Waals surface area contributed by atoms with Crippen LogP contribution in [0.2, 0.25) is 5.02 Å². The number of nitrogens with one attached hydrogen (secondary N) is 1. The number of non-ortho nitro benzene ring substituents is 1. The second-order valence-electron chi connectivity index (χ2n) is 5.61. The van der Waals surface area contributed by atoms with Crippen molar-refractivity contribution >= 4 is 40.5 Å². The number of ether oxygens (including phenoxy) is 1. The van der Waals surface area contributed by atoms with Crippen molar-refractivity contribution in [3.63, 3.8) is 0 Å². The summed E-state index contributed by atoms with van der Waals surface area (Å²) in [5.74, 6) is -1.61. The molecule has 0 aliphatic rings. The molecule has 0 radical (unpaired) electrons. The molecule has 0 heterocycles. The van der Waals surface area contributed by atoms with Gasteiger partial charge >= 0.3 is 5.97 Å². The molecule has 1 N–H and O–H groups in total. The summed E-state index contributed by atoms with van der Waals surface area (Å²) in [5, 5.41) is 24.2. The van der Waals surface area contributed by atoms with E-state index in [0.717, 1.165) is 6.07 Å². The molecule has 0 aliphatic carbocycles. The van der Waals surface area contributed by atoms with Crippen molar-refractivity contribution in [1.29, 1.82) is 0 Å². The predicted octanol–water partition coefficient (Wildman–Crippen LogP) is 3.27.